The van der Waals surface area contributed by atoms with Crippen molar-refractivity contribution in [3.05, 3.63) is 54.7 Å². The lowest BCUT2D eigenvalue weighted by atomic mass is 10.2. The number of hydrogen-bond donors (Lipinski definition) is 1. The van der Waals surface area contributed by atoms with E-state index in [1.165, 1.54) is 6.21 Å². The molecule has 2 aromatic carbocycles. The Morgan fingerprint density at radius 2 is 1.79 bits per heavy atom. The maximum absolute atomic E-state index is 12.1. The van der Waals surface area contributed by atoms with Gasteiger partial charge in [-0.1, -0.05) is 0 Å². The summed E-state index contributed by atoms with van der Waals surface area (Å²) in [4.78, 5) is 23.7. The Labute approximate surface area is 196 Å². The van der Waals surface area contributed by atoms with Gasteiger partial charge in [0.05, 0.1) is 23.0 Å². The number of nitrogens with zero attached hydrogens (tertiary/aromatic N) is 1. The molecule has 29 heavy (non-hydrogen) atoms. The van der Waals surface area contributed by atoms with Gasteiger partial charge in [0, 0.05) is 9.13 Å². The van der Waals surface area contributed by atoms with Gasteiger partial charge in [-0.15, -0.1) is 0 Å². The van der Waals surface area contributed by atoms with E-state index < -0.39 is 5.97 Å². The molecule has 2 aromatic rings. The molecule has 0 aliphatic rings. The van der Waals surface area contributed by atoms with Crippen molar-refractivity contribution in [2.24, 2.45) is 5.10 Å². The molecular formula is C20H20I2N2O5. The van der Waals surface area contributed by atoms with E-state index in [0.717, 1.165) is 7.14 Å². The number of carbonyl (C=O) groups excluding carboxylic acids is 2. The molecule has 0 saturated carbocycles. The fourth-order valence-corrected chi connectivity index (χ4v) is 3.37. The van der Waals surface area contributed by atoms with E-state index in [1.54, 1.807) is 25.1 Å². The first-order valence-electron chi connectivity index (χ1n) is 8.78. The second-order valence-corrected chi connectivity index (χ2v) is 7.97. The van der Waals surface area contributed by atoms with Gasteiger partial charge in [-0.05, 0) is 101 Å². The molecule has 9 heteroatoms. The van der Waals surface area contributed by atoms with Gasteiger partial charge < -0.3 is 14.2 Å². The largest absolute Gasteiger partial charge is 0.490 e. The number of ether oxygens (including phenoxy) is 3. The van der Waals surface area contributed by atoms with Crippen LogP contribution in [-0.4, -0.2) is 37.9 Å². The molecule has 2 rings (SSSR count). The zero-order chi connectivity index (χ0) is 21.2. The number of esters is 1. The summed E-state index contributed by atoms with van der Waals surface area (Å²) in [5.74, 6) is 0.191. The molecule has 0 saturated heterocycles. The van der Waals surface area contributed by atoms with Crippen LogP contribution in [0.4, 0.5) is 0 Å². The molecule has 0 bridgehead atoms. The molecule has 7 nitrogen and oxygen atoms in total. The number of amides is 1. The zero-order valence-corrected chi connectivity index (χ0v) is 20.2. The Kier molecular flexibility index (Phi) is 9.64. The third-order valence-electron chi connectivity index (χ3n) is 3.46. The molecule has 0 fully saturated rings. The van der Waals surface area contributed by atoms with Gasteiger partial charge in [0.15, 0.2) is 18.1 Å². The smallest absolute Gasteiger partial charge is 0.344 e. The zero-order valence-electron chi connectivity index (χ0n) is 15.9. The van der Waals surface area contributed by atoms with Gasteiger partial charge in [-0.2, -0.15) is 5.10 Å². The van der Waals surface area contributed by atoms with Crippen molar-refractivity contribution < 1.29 is 23.8 Å². The number of hydrazone groups is 1. The number of nitrogens with one attached hydrogen (secondary N) is 1. The molecule has 0 unspecified atom stereocenters. The first kappa shape index (κ1) is 23.4. The molecule has 0 radical (unpaired) electrons. The molecule has 0 heterocycles. The highest BCUT2D eigenvalue weighted by Gasteiger charge is 2.14. The second-order valence-electron chi connectivity index (χ2n) is 5.56. The summed E-state index contributed by atoms with van der Waals surface area (Å²) in [6.07, 6.45) is 1.52. The van der Waals surface area contributed by atoms with E-state index >= 15 is 0 Å². The monoisotopic (exact) mass is 622 g/mol. The molecule has 0 atom stereocenters. The van der Waals surface area contributed by atoms with Crippen molar-refractivity contribution in [2.75, 3.05) is 19.8 Å². The van der Waals surface area contributed by atoms with Gasteiger partial charge in [-0.3, -0.25) is 4.79 Å². The van der Waals surface area contributed by atoms with Crippen LogP contribution in [0.5, 0.6) is 11.5 Å². The van der Waals surface area contributed by atoms with Crippen LogP contribution < -0.4 is 14.9 Å². The fourth-order valence-electron chi connectivity index (χ4n) is 2.23. The van der Waals surface area contributed by atoms with Gasteiger partial charge >= 0.3 is 5.97 Å². The van der Waals surface area contributed by atoms with E-state index in [0.29, 0.717) is 35.8 Å². The van der Waals surface area contributed by atoms with Crippen molar-refractivity contribution in [1.82, 2.24) is 5.43 Å². The van der Waals surface area contributed by atoms with Crippen molar-refractivity contribution in [1.29, 1.82) is 0 Å². The Hall–Kier alpha value is -1.89. The average molecular weight is 622 g/mol. The maximum atomic E-state index is 12.1. The van der Waals surface area contributed by atoms with Crippen LogP contribution in [0, 0.1) is 7.14 Å². The highest BCUT2D eigenvalue weighted by atomic mass is 127. The van der Waals surface area contributed by atoms with Crippen molar-refractivity contribution >= 4 is 63.3 Å². The van der Waals surface area contributed by atoms with E-state index in [-0.39, 0.29) is 12.5 Å². The quantitative estimate of drug-likeness (QED) is 0.198. The van der Waals surface area contributed by atoms with Crippen LogP contribution in [0.3, 0.4) is 0 Å². The van der Waals surface area contributed by atoms with Crippen LogP contribution in [0.1, 0.15) is 29.8 Å². The lowest BCUT2D eigenvalue weighted by molar-refractivity contribution is -0.145. The van der Waals surface area contributed by atoms with Crippen molar-refractivity contribution in [3.8, 4) is 11.5 Å². The predicted octanol–water partition coefficient (Wildman–Crippen LogP) is 4.00. The molecule has 0 aromatic heterocycles. The van der Waals surface area contributed by atoms with E-state index in [9.17, 15) is 9.59 Å². The Morgan fingerprint density at radius 1 is 1.07 bits per heavy atom. The summed E-state index contributed by atoms with van der Waals surface area (Å²) in [5, 5.41) is 4.01. The summed E-state index contributed by atoms with van der Waals surface area (Å²) in [6, 6.07) is 10.7. The number of benzene rings is 2. The fraction of sp³-hybridized carbons (Fsp3) is 0.250. The normalized spacial score (nSPS) is 10.6. The standard InChI is InChI=1S/C20H20I2N2O5/c1-3-27-17-10-13(9-16(22)19(17)29-12-18(25)28-4-2)11-23-24-20(26)14-5-7-15(21)8-6-14/h5-11H,3-4,12H2,1-2H3,(H,24,26)/b23-11-. The highest BCUT2D eigenvalue weighted by molar-refractivity contribution is 14.1. The van der Waals surface area contributed by atoms with E-state index in [1.807, 2.05) is 25.1 Å². The number of rotatable bonds is 9. The van der Waals surface area contributed by atoms with Gasteiger partial charge in [0.25, 0.3) is 5.91 Å². The van der Waals surface area contributed by atoms with Crippen LogP contribution in [0.25, 0.3) is 0 Å². The topological polar surface area (TPSA) is 86.2 Å². The summed E-state index contributed by atoms with van der Waals surface area (Å²) in [7, 11) is 0. The van der Waals surface area contributed by atoms with Gasteiger partial charge in [0.2, 0.25) is 0 Å². The summed E-state index contributed by atoms with van der Waals surface area (Å²) >= 11 is 4.27. The molecule has 154 valence electrons. The predicted molar refractivity (Wildman–Crippen MR) is 127 cm³/mol. The van der Waals surface area contributed by atoms with Gasteiger partial charge in [-0.25, -0.2) is 10.2 Å². The Bertz CT molecular complexity index is 885. The summed E-state index contributed by atoms with van der Waals surface area (Å²) in [6.45, 7) is 4.10. The minimum Gasteiger partial charge on any atom is -0.490 e. The van der Waals surface area contributed by atoms with Gasteiger partial charge in [0.1, 0.15) is 0 Å². The number of halogens is 2. The highest BCUT2D eigenvalue weighted by Crippen LogP contribution is 2.34. The minimum atomic E-state index is -0.449. The van der Waals surface area contributed by atoms with Crippen LogP contribution in [0.2, 0.25) is 0 Å². The molecule has 0 aliphatic heterocycles. The molecule has 0 spiro atoms. The average Bonchev–Trinajstić information content (AvgIpc) is 2.68. The third kappa shape index (κ3) is 7.46. The molecular weight excluding hydrogens is 602 g/mol. The molecule has 1 N–H and O–H groups in total. The Balaban J connectivity index is 2.10. The van der Waals surface area contributed by atoms with E-state index in [4.69, 9.17) is 14.2 Å². The maximum Gasteiger partial charge on any atom is 0.344 e. The van der Waals surface area contributed by atoms with Crippen LogP contribution >= 0.6 is 45.2 Å². The van der Waals surface area contributed by atoms with Crippen LogP contribution in [0.15, 0.2) is 41.5 Å². The lowest BCUT2D eigenvalue weighted by Crippen LogP contribution is -2.17. The second kappa shape index (κ2) is 12.0. The van der Waals surface area contributed by atoms with Crippen LogP contribution in [-0.2, 0) is 9.53 Å². The minimum absolute atomic E-state index is 0.205. The first-order chi connectivity index (χ1) is 13.9. The summed E-state index contributed by atoms with van der Waals surface area (Å²) in [5.41, 5.74) is 3.73. The number of hydrogen-bond acceptors (Lipinski definition) is 6. The molecule has 1 amide bonds. The summed E-state index contributed by atoms with van der Waals surface area (Å²) < 4.78 is 17.9. The molecule has 0 aliphatic carbocycles. The SMILES string of the molecule is CCOC(=O)COc1c(I)cc(/C=N\NC(=O)c2ccc(I)cc2)cc1OCC. The van der Waals surface area contributed by atoms with Crippen molar-refractivity contribution in [3.63, 3.8) is 0 Å². The number of carbonyl (C=O) groups is 2. The Morgan fingerprint density at radius 3 is 2.45 bits per heavy atom. The first-order valence-corrected chi connectivity index (χ1v) is 10.9. The van der Waals surface area contributed by atoms with E-state index in [2.05, 4.69) is 55.7 Å². The third-order valence-corrected chi connectivity index (χ3v) is 4.98. The van der Waals surface area contributed by atoms with Crippen molar-refractivity contribution in [2.45, 2.75) is 13.8 Å². The lowest BCUT2D eigenvalue weighted by Gasteiger charge is -2.14.